The van der Waals surface area contributed by atoms with Crippen LogP contribution in [0.1, 0.15) is 13.3 Å². The van der Waals surface area contributed by atoms with Gasteiger partial charge in [0.05, 0.1) is 43.2 Å². The van der Waals surface area contributed by atoms with Crippen molar-refractivity contribution in [2.24, 2.45) is 0 Å². The summed E-state index contributed by atoms with van der Waals surface area (Å²) in [5, 5.41) is 5.44. The van der Waals surface area contributed by atoms with Crippen LogP contribution in [0.2, 0.25) is 0 Å². The van der Waals surface area contributed by atoms with Crippen LogP contribution in [0.15, 0.2) is 41.1 Å². The largest absolute Gasteiger partial charge is 0.477 e. The van der Waals surface area contributed by atoms with E-state index in [1.165, 1.54) is 6.26 Å². The Kier molecular flexibility index (Phi) is 5.67. The first-order valence-electron chi connectivity index (χ1n) is 10.8. The van der Waals surface area contributed by atoms with Crippen molar-refractivity contribution in [2.45, 2.75) is 19.4 Å². The molecule has 0 N–H and O–H groups in total. The lowest BCUT2D eigenvalue weighted by Crippen LogP contribution is -2.44. The van der Waals surface area contributed by atoms with Crippen LogP contribution in [0.5, 0.6) is 5.88 Å². The summed E-state index contributed by atoms with van der Waals surface area (Å²) < 4.78 is 41.6. The van der Waals surface area contributed by atoms with Gasteiger partial charge in [0.1, 0.15) is 26.9 Å². The molecule has 0 saturated carbocycles. The van der Waals surface area contributed by atoms with Gasteiger partial charge < -0.3 is 18.8 Å². The van der Waals surface area contributed by atoms with Gasteiger partial charge in [-0.15, -0.1) is 5.10 Å². The molecule has 1 unspecified atom stereocenters. The van der Waals surface area contributed by atoms with Gasteiger partial charge in [0.15, 0.2) is 11.4 Å². The van der Waals surface area contributed by atoms with Gasteiger partial charge in [-0.1, -0.05) is 0 Å². The van der Waals surface area contributed by atoms with E-state index >= 15 is 0 Å². The number of rotatable bonds is 7. The summed E-state index contributed by atoms with van der Waals surface area (Å²) in [6.07, 6.45) is 5.07. The number of pyridine rings is 1. The molecule has 1 atom stereocenters. The van der Waals surface area contributed by atoms with Gasteiger partial charge in [0.25, 0.3) is 0 Å². The van der Waals surface area contributed by atoms with Crippen molar-refractivity contribution in [2.75, 3.05) is 43.3 Å². The highest BCUT2D eigenvalue weighted by atomic mass is 32.2. The molecule has 0 aromatic carbocycles. The summed E-state index contributed by atoms with van der Waals surface area (Å²) in [4.78, 5) is 11.3. The molecule has 0 radical (unpaired) electrons. The Balaban J connectivity index is 1.45. The molecular weight excluding hydrogens is 446 g/mol. The Bertz CT molecular complexity index is 1400. The molecule has 0 amide bonds. The number of fused-ring (bicyclic) bond motifs is 2. The van der Waals surface area contributed by atoms with Crippen molar-refractivity contribution in [3.8, 4) is 17.3 Å². The van der Waals surface area contributed by atoms with Crippen LogP contribution >= 0.6 is 0 Å². The van der Waals surface area contributed by atoms with E-state index in [2.05, 4.69) is 26.9 Å². The minimum Gasteiger partial charge on any atom is -0.477 e. The van der Waals surface area contributed by atoms with Crippen molar-refractivity contribution >= 4 is 32.3 Å². The SMILES string of the molecule is CC1COCCN1c1nccc2oc(-c3cnc4ccc(OCCCS(C)(=O)=O)nn34)cc12. The normalized spacial score (nSPS) is 17.2. The molecule has 4 aromatic heterocycles. The Morgan fingerprint density at radius 2 is 2.12 bits per heavy atom. The summed E-state index contributed by atoms with van der Waals surface area (Å²) in [6.45, 7) is 4.47. The Hall–Kier alpha value is -3.18. The van der Waals surface area contributed by atoms with Crippen molar-refractivity contribution in [1.82, 2.24) is 19.6 Å². The molecule has 1 aliphatic heterocycles. The van der Waals surface area contributed by atoms with E-state index in [4.69, 9.17) is 13.9 Å². The topological polar surface area (TPSA) is 112 Å². The third kappa shape index (κ3) is 4.51. The molecule has 11 heteroatoms. The molecular formula is C22H25N5O5S. The number of furan rings is 1. The molecule has 5 heterocycles. The number of aromatic nitrogens is 4. The van der Waals surface area contributed by atoms with Crippen molar-refractivity contribution < 1.29 is 22.3 Å². The second kappa shape index (κ2) is 8.64. The van der Waals surface area contributed by atoms with Crippen LogP contribution in [0.3, 0.4) is 0 Å². The molecule has 4 aromatic rings. The highest BCUT2D eigenvalue weighted by Gasteiger charge is 2.24. The van der Waals surface area contributed by atoms with E-state index in [9.17, 15) is 8.42 Å². The zero-order valence-electron chi connectivity index (χ0n) is 18.5. The standard InChI is InChI=1S/C22H25N5O5S/c1-15-14-30-10-8-26(15)22-16-12-19(32-18(16)6-7-23-22)17-13-24-20-4-5-21(25-27(17)20)31-9-3-11-33(2,28)29/h4-7,12-13,15H,3,8-11,14H2,1-2H3. The first-order chi connectivity index (χ1) is 15.9. The molecule has 0 bridgehead atoms. The average Bonchev–Trinajstić information content (AvgIpc) is 3.40. The fourth-order valence-electron chi connectivity index (χ4n) is 3.95. The zero-order chi connectivity index (χ0) is 23.0. The third-order valence-corrected chi connectivity index (χ3v) is 6.59. The molecule has 5 rings (SSSR count). The molecule has 1 aliphatic rings. The summed E-state index contributed by atoms with van der Waals surface area (Å²) in [6, 6.07) is 7.54. The zero-order valence-corrected chi connectivity index (χ0v) is 19.3. The van der Waals surface area contributed by atoms with Crippen molar-refractivity contribution in [3.63, 3.8) is 0 Å². The Morgan fingerprint density at radius 1 is 1.24 bits per heavy atom. The maximum absolute atomic E-state index is 11.3. The first-order valence-corrected chi connectivity index (χ1v) is 12.8. The van der Waals surface area contributed by atoms with E-state index < -0.39 is 9.84 Å². The molecule has 1 fully saturated rings. The summed E-state index contributed by atoms with van der Waals surface area (Å²) >= 11 is 0. The van der Waals surface area contributed by atoms with Gasteiger partial charge in [-0.25, -0.2) is 22.9 Å². The molecule has 1 saturated heterocycles. The lowest BCUT2D eigenvalue weighted by Gasteiger charge is -2.34. The van der Waals surface area contributed by atoms with E-state index in [1.54, 1.807) is 29.0 Å². The van der Waals surface area contributed by atoms with Gasteiger partial charge in [-0.3, -0.25) is 0 Å². The van der Waals surface area contributed by atoms with Crippen LogP contribution in [0.4, 0.5) is 5.82 Å². The maximum atomic E-state index is 11.3. The van der Waals surface area contributed by atoms with Crippen LogP contribution in [0.25, 0.3) is 28.1 Å². The van der Waals surface area contributed by atoms with Gasteiger partial charge in [0.2, 0.25) is 5.88 Å². The minimum absolute atomic E-state index is 0.0721. The van der Waals surface area contributed by atoms with Gasteiger partial charge in [-0.05, 0) is 31.5 Å². The number of ether oxygens (including phenoxy) is 2. The van der Waals surface area contributed by atoms with E-state index in [-0.39, 0.29) is 18.4 Å². The number of hydrogen-bond acceptors (Lipinski definition) is 9. The first kappa shape index (κ1) is 21.7. The van der Waals surface area contributed by atoms with Crippen LogP contribution in [-0.2, 0) is 14.6 Å². The molecule has 174 valence electrons. The summed E-state index contributed by atoms with van der Waals surface area (Å²) in [5.41, 5.74) is 2.06. The number of hydrogen-bond donors (Lipinski definition) is 0. The van der Waals surface area contributed by atoms with Crippen LogP contribution < -0.4 is 9.64 Å². The third-order valence-electron chi connectivity index (χ3n) is 5.56. The second-order valence-electron chi connectivity index (χ2n) is 8.19. The van der Waals surface area contributed by atoms with E-state index in [0.717, 1.165) is 23.3 Å². The van der Waals surface area contributed by atoms with Crippen molar-refractivity contribution in [3.05, 3.63) is 36.7 Å². The number of imidazole rings is 1. The quantitative estimate of drug-likeness (QED) is 0.375. The molecule has 33 heavy (non-hydrogen) atoms. The smallest absolute Gasteiger partial charge is 0.231 e. The average molecular weight is 472 g/mol. The molecule has 10 nitrogen and oxygen atoms in total. The lowest BCUT2D eigenvalue weighted by molar-refractivity contribution is 0.0987. The second-order valence-corrected chi connectivity index (χ2v) is 10.5. The van der Waals surface area contributed by atoms with Gasteiger partial charge in [-0.2, -0.15) is 0 Å². The number of anilines is 1. The summed E-state index contributed by atoms with van der Waals surface area (Å²) in [5.74, 6) is 1.95. The fraction of sp³-hybridized carbons (Fsp3) is 0.409. The maximum Gasteiger partial charge on any atom is 0.231 e. The Morgan fingerprint density at radius 3 is 2.94 bits per heavy atom. The highest BCUT2D eigenvalue weighted by Crippen LogP contribution is 2.34. The fourth-order valence-corrected chi connectivity index (χ4v) is 4.59. The summed E-state index contributed by atoms with van der Waals surface area (Å²) in [7, 11) is -3.02. The van der Waals surface area contributed by atoms with Gasteiger partial charge >= 0.3 is 0 Å². The minimum atomic E-state index is -3.02. The van der Waals surface area contributed by atoms with Crippen LogP contribution in [-0.4, -0.2) is 72.4 Å². The van der Waals surface area contributed by atoms with E-state index in [0.29, 0.717) is 42.6 Å². The predicted molar refractivity (Wildman–Crippen MR) is 123 cm³/mol. The highest BCUT2D eigenvalue weighted by molar-refractivity contribution is 7.90. The Labute approximate surface area is 191 Å². The number of sulfone groups is 1. The molecule has 0 aliphatic carbocycles. The lowest BCUT2D eigenvalue weighted by atomic mass is 10.2. The monoisotopic (exact) mass is 471 g/mol. The molecule has 0 spiro atoms. The van der Waals surface area contributed by atoms with Crippen LogP contribution in [0, 0.1) is 0 Å². The number of nitrogens with zero attached hydrogens (tertiary/aromatic N) is 5. The van der Waals surface area contributed by atoms with Crippen molar-refractivity contribution in [1.29, 1.82) is 0 Å². The van der Waals surface area contributed by atoms with E-state index in [1.807, 2.05) is 12.1 Å². The predicted octanol–water partition coefficient (Wildman–Crippen LogP) is 2.58. The van der Waals surface area contributed by atoms with Gasteiger partial charge in [0, 0.05) is 25.1 Å². The number of morpholine rings is 1.